The van der Waals surface area contributed by atoms with Crippen molar-refractivity contribution in [1.82, 2.24) is 0 Å². The van der Waals surface area contributed by atoms with E-state index in [1.807, 2.05) is 13.0 Å². The molecular weight excluding hydrogens is 406 g/mol. The van der Waals surface area contributed by atoms with E-state index in [9.17, 15) is 14.7 Å². The summed E-state index contributed by atoms with van der Waals surface area (Å²) in [6, 6.07) is 0. The van der Waals surface area contributed by atoms with E-state index in [-0.39, 0.29) is 41.3 Å². The van der Waals surface area contributed by atoms with E-state index in [0.717, 1.165) is 37.7 Å². The molecule has 4 aliphatic carbocycles. The normalized spacial score (nSPS) is 51.5. The highest BCUT2D eigenvalue weighted by molar-refractivity contribution is 6.01. The predicted octanol–water partition coefficient (Wildman–Crippen LogP) is 3.07. The third-order valence-electron chi connectivity index (χ3n) is 9.85. The van der Waals surface area contributed by atoms with Crippen LogP contribution in [-0.2, 0) is 19.1 Å². The van der Waals surface area contributed by atoms with Gasteiger partial charge in [0.25, 0.3) is 0 Å². The van der Waals surface area contributed by atoms with Crippen LogP contribution in [0.5, 0.6) is 0 Å². The molecule has 176 valence electrons. The first-order valence-electron chi connectivity index (χ1n) is 12.3. The Morgan fingerprint density at radius 3 is 2.69 bits per heavy atom. The third kappa shape index (κ3) is 2.55. The highest BCUT2D eigenvalue weighted by atomic mass is 16.8. The average Bonchev–Trinajstić information content (AvgIpc) is 3.13. The largest absolute Gasteiger partial charge is 0.393 e. The molecule has 4 fully saturated rings. The van der Waals surface area contributed by atoms with Crippen LogP contribution in [0, 0.1) is 28.6 Å². The number of allylic oxidation sites excluding steroid dienone is 4. The van der Waals surface area contributed by atoms with Crippen molar-refractivity contribution >= 4 is 11.6 Å². The summed E-state index contributed by atoms with van der Waals surface area (Å²) in [4.78, 5) is 25.6. The minimum Gasteiger partial charge on any atom is -0.393 e. The van der Waals surface area contributed by atoms with E-state index in [2.05, 4.69) is 20.8 Å². The molecule has 0 bridgehead atoms. The maximum Gasteiger partial charge on any atom is 0.181 e. The van der Waals surface area contributed by atoms with Crippen LogP contribution in [0.3, 0.4) is 0 Å². The summed E-state index contributed by atoms with van der Waals surface area (Å²) in [5.74, 6) is 0.308. The Hall–Kier alpha value is -1.34. The first kappa shape index (κ1) is 22.5. The molecule has 1 heterocycles. The number of ether oxygens (including phenoxy) is 2. The van der Waals surface area contributed by atoms with Crippen LogP contribution in [0.1, 0.15) is 66.2 Å². The van der Waals surface area contributed by atoms with E-state index in [1.54, 1.807) is 12.2 Å². The van der Waals surface area contributed by atoms with Crippen molar-refractivity contribution in [2.45, 2.75) is 89.8 Å². The lowest BCUT2D eigenvalue weighted by Gasteiger charge is -2.59. The lowest BCUT2D eigenvalue weighted by atomic mass is 9.46. The quantitative estimate of drug-likeness (QED) is 0.693. The molecular formula is C26H37NO5. The zero-order chi connectivity index (χ0) is 23.1. The Balaban J connectivity index is 1.59. The number of aliphatic hydroxyl groups excluding tert-OH is 1. The molecule has 5 rings (SSSR count). The zero-order valence-corrected chi connectivity index (χ0v) is 19.7. The minimum absolute atomic E-state index is 0.00354. The molecule has 1 saturated heterocycles. The van der Waals surface area contributed by atoms with Crippen LogP contribution in [0.25, 0.3) is 0 Å². The predicted molar refractivity (Wildman–Crippen MR) is 119 cm³/mol. The van der Waals surface area contributed by atoms with Gasteiger partial charge in [-0.25, -0.2) is 0 Å². The van der Waals surface area contributed by atoms with Crippen molar-refractivity contribution in [3.05, 3.63) is 23.8 Å². The van der Waals surface area contributed by atoms with Crippen molar-refractivity contribution in [1.29, 1.82) is 0 Å². The van der Waals surface area contributed by atoms with Crippen LogP contribution < -0.4 is 5.73 Å². The number of hydrogen-bond acceptors (Lipinski definition) is 6. The molecule has 6 heteroatoms. The Morgan fingerprint density at radius 2 is 2.00 bits per heavy atom. The number of hydrogen-bond donors (Lipinski definition) is 2. The molecule has 0 radical (unpaired) electrons. The molecule has 3 N–H and O–H groups in total. The topological polar surface area (TPSA) is 98.9 Å². The second kappa shape index (κ2) is 7.08. The Morgan fingerprint density at radius 1 is 1.25 bits per heavy atom. The van der Waals surface area contributed by atoms with Gasteiger partial charge in [0, 0.05) is 16.7 Å². The van der Waals surface area contributed by atoms with Gasteiger partial charge in [-0.1, -0.05) is 38.8 Å². The number of carbonyl (C=O) groups is 2. The molecule has 9 atom stereocenters. The number of ketones is 2. The smallest absolute Gasteiger partial charge is 0.181 e. The third-order valence-corrected chi connectivity index (χ3v) is 9.85. The summed E-state index contributed by atoms with van der Waals surface area (Å²) in [6.07, 6.45) is 8.96. The van der Waals surface area contributed by atoms with Gasteiger partial charge in [0.15, 0.2) is 23.5 Å². The molecule has 32 heavy (non-hydrogen) atoms. The second-order valence-electron chi connectivity index (χ2n) is 11.4. The maximum atomic E-state index is 13.6. The van der Waals surface area contributed by atoms with Crippen LogP contribution in [0.4, 0.5) is 0 Å². The van der Waals surface area contributed by atoms with Crippen LogP contribution in [-0.4, -0.2) is 46.8 Å². The van der Waals surface area contributed by atoms with E-state index in [0.29, 0.717) is 6.42 Å². The first-order chi connectivity index (χ1) is 15.1. The highest BCUT2D eigenvalue weighted by Crippen LogP contribution is 2.72. The summed E-state index contributed by atoms with van der Waals surface area (Å²) >= 11 is 0. The van der Waals surface area contributed by atoms with E-state index < -0.39 is 29.0 Å². The van der Waals surface area contributed by atoms with Crippen LogP contribution in [0.15, 0.2) is 23.8 Å². The summed E-state index contributed by atoms with van der Waals surface area (Å²) in [7, 11) is 0. The summed E-state index contributed by atoms with van der Waals surface area (Å²) in [6.45, 7) is 8.29. The monoisotopic (exact) mass is 443 g/mol. The van der Waals surface area contributed by atoms with Crippen molar-refractivity contribution < 1.29 is 24.2 Å². The molecule has 0 aromatic carbocycles. The maximum absolute atomic E-state index is 13.6. The number of nitrogens with two attached hydrogens (primary N) is 1. The van der Waals surface area contributed by atoms with Gasteiger partial charge in [-0.2, -0.15) is 0 Å². The first-order valence-corrected chi connectivity index (χ1v) is 12.3. The fourth-order valence-corrected chi connectivity index (χ4v) is 8.70. The lowest BCUT2D eigenvalue weighted by molar-refractivity contribution is -0.198. The molecule has 0 aromatic heterocycles. The molecule has 1 aliphatic heterocycles. The van der Waals surface area contributed by atoms with Gasteiger partial charge in [-0.3, -0.25) is 9.59 Å². The Kier molecular flexibility index (Phi) is 4.97. The molecule has 3 saturated carbocycles. The van der Waals surface area contributed by atoms with Gasteiger partial charge in [-0.05, 0) is 63.0 Å². The number of Topliss-reactive ketones (excluding diaryl/α,β-unsaturated/α-hetero) is 1. The van der Waals surface area contributed by atoms with E-state index >= 15 is 0 Å². The standard InChI is InChI=1S/C26H37NO5/c1-5-6-21-31-25(4)12-18-17-8-7-15-11-16(28)9-10-23(15,2)22(17)19(29)13-24(18,3)26(25,32-21)20(30)14-27/h9-11,17-19,21-22,29H,5-8,12-14,27H2,1-4H3. The summed E-state index contributed by atoms with van der Waals surface area (Å²) < 4.78 is 13.1. The van der Waals surface area contributed by atoms with Crippen molar-refractivity contribution in [2.24, 2.45) is 34.3 Å². The highest BCUT2D eigenvalue weighted by Gasteiger charge is 2.79. The SMILES string of the molecule is CCCC1OC2(C)CC3C4CCC5=CC(=O)C=CC5(C)C4C(O)CC3(C)C2(C(=O)CN)O1. The van der Waals surface area contributed by atoms with Gasteiger partial charge in [0.05, 0.1) is 12.6 Å². The zero-order valence-electron chi connectivity index (χ0n) is 19.7. The Bertz CT molecular complexity index is 912. The minimum atomic E-state index is -1.14. The molecule has 9 unspecified atom stereocenters. The molecule has 5 aliphatic rings. The fraction of sp³-hybridized carbons (Fsp3) is 0.769. The molecule has 0 amide bonds. The molecule has 0 aromatic rings. The molecule has 0 spiro atoms. The van der Waals surface area contributed by atoms with Gasteiger partial charge >= 0.3 is 0 Å². The van der Waals surface area contributed by atoms with Crippen molar-refractivity contribution in [2.75, 3.05) is 6.54 Å². The van der Waals surface area contributed by atoms with Gasteiger partial charge in [-0.15, -0.1) is 0 Å². The van der Waals surface area contributed by atoms with Crippen LogP contribution in [0.2, 0.25) is 0 Å². The summed E-state index contributed by atoms with van der Waals surface area (Å²) in [5.41, 5.74) is 4.28. The average molecular weight is 444 g/mol. The number of aliphatic hydroxyl groups is 1. The summed E-state index contributed by atoms with van der Waals surface area (Å²) in [5, 5.41) is 11.6. The van der Waals surface area contributed by atoms with Gasteiger partial charge in [0.2, 0.25) is 0 Å². The van der Waals surface area contributed by atoms with Crippen molar-refractivity contribution in [3.8, 4) is 0 Å². The lowest BCUT2D eigenvalue weighted by Crippen LogP contribution is -2.66. The van der Waals surface area contributed by atoms with Gasteiger partial charge in [0.1, 0.15) is 5.60 Å². The number of rotatable bonds is 4. The fourth-order valence-electron chi connectivity index (χ4n) is 8.70. The number of carbonyl (C=O) groups excluding carboxylic acids is 2. The van der Waals surface area contributed by atoms with Crippen molar-refractivity contribution in [3.63, 3.8) is 0 Å². The van der Waals surface area contributed by atoms with Gasteiger partial charge < -0.3 is 20.3 Å². The Labute approximate surface area is 190 Å². The second-order valence-corrected chi connectivity index (χ2v) is 11.4. The van der Waals surface area contributed by atoms with E-state index in [4.69, 9.17) is 15.2 Å². The van der Waals surface area contributed by atoms with Crippen LogP contribution >= 0.6 is 0 Å². The van der Waals surface area contributed by atoms with E-state index in [1.165, 1.54) is 0 Å². The molecule has 6 nitrogen and oxygen atoms in total. The number of fused-ring (bicyclic) bond motifs is 7.